The molecule has 1 rings (SSSR count). The summed E-state index contributed by atoms with van der Waals surface area (Å²) >= 11 is 2.44. The predicted octanol–water partition coefficient (Wildman–Crippen LogP) is 2.11. The van der Waals surface area contributed by atoms with E-state index in [1.807, 2.05) is 0 Å². The number of halogens is 1. The highest BCUT2D eigenvalue weighted by Crippen LogP contribution is 2.19. The fraction of sp³-hybridized carbons (Fsp3) is 1.00. The maximum atomic E-state index is 2.52. The molecule has 1 aliphatic heterocycles. The van der Waals surface area contributed by atoms with Gasteiger partial charge in [0.2, 0.25) is 0 Å². The molecule has 1 nitrogen and oxygen atoms in total. The maximum Gasteiger partial charge on any atom is 0.0505 e. The zero-order valence-corrected chi connectivity index (χ0v) is 8.10. The van der Waals surface area contributed by atoms with E-state index in [0.29, 0.717) is 0 Å². The van der Waals surface area contributed by atoms with Gasteiger partial charge in [0.25, 0.3) is 0 Å². The first-order valence-electron chi connectivity index (χ1n) is 3.65. The van der Waals surface area contributed by atoms with Crippen molar-refractivity contribution in [3.63, 3.8) is 0 Å². The number of hydrogen-bond acceptors (Lipinski definition) is 1. The molecule has 0 bridgehead atoms. The number of likely N-dealkylation sites (tertiary alicyclic amines) is 1. The largest absolute Gasteiger partial charge is 0.294 e. The molecule has 54 valence electrons. The van der Waals surface area contributed by atoms with Crippen LogP contribution in [0.25, 0.3) is 0 Å². The van der Waals surface area contributed by atoms with Crippen molar-refractivity contribution in [2.45, 2.75) is 19.8 Å². The Bertz CT molecular complexity index is 75.0. The first-order valence-corrected chi connectivity index (χ1v) is 5.17. The van der Waals surface area contributed by atoms with Gasteiger partial charge >= 0.3 is 0 Å². The Balaban J connectivity index is 2.20. The van der Waals surface area contributed by atoms with Gasteiger partial charge in [0, 0.05) is 6.54 Å². The number of nitrogens with zero attached hydrogens (tertiary/aromatic N) is 1. The van der Waals surface area contributed by atoms with Crippen molar-refractivity contribution in [1.29, 1.82) is 0 Å². The lowest BCUT2D eigenvalue weighted by molar-refractivity contribution is 0.385. The Morgan fingerprint density at radius 2 is 2.44 bits per heavy atom. The molecule has 1 fully saturated rings. The minimum Gasteiger partial charge on any atom is -0.294 e. The molecule has 0 amide bonds. The second-order valence-electron chi connectivity index (χ2n) is 2.76. The third-order valence-corrected chi connectivity index (χ3v) is 3.08. The fourth-order valence-electron chi connectivity index (χ4n) is 1.35. The van der Waals surface area contributed by atoms with Crippen LogP contribution in [0.2, 0.25) is 0 Å². The van der Waals surface area contributed by atoms with Crippen LogP contribution in [-0.2, 0) is 0 Å². The van der Waals surface area contributed by atoms with Gasteiger partial charge in [-0.1, -0.05) is 35.9 Å². The number of rotatable bonds is 2. The van der Waals surface area contributed by atoms with Crippen LogP contribution in [0.1, 0.15) is 19.8 Å². The monoisotopic (exact) mass is 239 g/mol. The van der Waals surface area contributed by atoms with Crippen molar-refractivity contribution in [1.82, 2.24) is 4.90 Å². The first-order chi connectivity index (χ1) is 4.36. The van der Waals surface area contributed by atoms with Crippen LogP contribution in [0.15, 0.2) is 0 Å². The molecule has 1 atom stereocenters. The quantitative estimate of drug-likeness (QED) is 0.405. The Hall–Kier alpha value is 0.690. The van der Waals surface area contributed by atoms with Crippen LogP contribution >= 0.6 is 22.6 Å². The Morgan fingerprint density at radius 1 is 1.67 bits per heavy atom. The second-order valence-corrected chi connectivity index (χ2v) is 3.44. The molecular formula is C7H14IN. The molecule has 1 unspecified atom stereocenters. The lowest BCUT2D eigenvalue weighted by Crippen LogP contribution is -2.17. The third-order valence-electron chi connectivity index (χ3n) is 2.12. The van der Waals surface area contributed by atoms with Crippen molar-refractivity contribution < 1.29 is 0 Å². The summed E-state index contributed by atoms with van der Waals surface area (Å²) in [6.45, 7) is 4.97. The third kappa shape index (κ3) is 2.08. The van der Waals surface area contributed by atoms with Crippen molar-refractivity contribution in [2.75, 3.05) is 17.6 Å². The average Bonchev–Trinajstić information content (AvgIpc) is 2.34. The minimum absolute atomic E-state index is 1.000. The standard InChI is InChI=1S/C7H14IN/c1-2-7-3-4-9(5-7)6-8/h7H,2-6H2,1H3. The molecule has 0 aromatic heterocycles. The highest BCUT2D eigenvalue weighted by molar-refractivity contribution is 14.1. The van der Waals surface area contributed by atoms with E-state index in [1.165, 1.54) is 30.5 Å². The fourth-order valence-corrected chi connectivity index (χ4v) is 1.97. The normalized spacial score (nSPS) is 29.3. The predicted molar refractivity (Wildman–Crippen MR) is 48.9 cm³/mol. The summed E-state index contributed by atoms with van der Waals surface area (Å²) in [5.74, 6) is 1.000. The Morgan fingerprint density at radius 3 is 2.78 bits per heavy atom. The molecule has 0 spiro atoms. The van der Waals surface area contributed by atoms with Gasteiger partial charge in [0.05, 0.1) is 4.55 Å². The first kappa shape index (κ1) is 7.79. The SMILES string of the molecule is CCC1CCN(CI)C1. The van der Waals surface area contributed by atoms with E-state index in [1.54, 1.807) is 0 Å². The molecule has 0 radical (unpaired) electrons. The van der Waals surface area contributed by atoms with E-state index >= 15 is 0 Å². The van der Waals surface area contributed by atoms with E-state index in [4.69, 9.17) is 0 Å². The van der Waals surface area contributed by atoms with Crippen LogP contribution in [0.3, 0.4) is 0 Å². The zero-order chi connectivity index (χ0) is 6.69. The molecule has 0 saturated carbocycles. The summed E-state index contributed by atoms with van der Waals surface area (Å²) in [7, 11) is 0. The van der Waals surface area contributed by atoms with E-state index < -0.39 is 0 Å². The van der Waals surface area contributed by atoms with Gasteiger partial charge in [-0.3, -0.25) is 4.90 Å². The molecule has 0 aliphatic carbocycles. The van der Waals surface area contributed by atoms with E-state index in [9.17, 15) is 0 Å². The van der Waals surface area contributed by atoms with Gasteiger partial charge < -0.3 is 0 Å². The van der Waals surface area contributed by atoms with E-state index in [2.05, 4.69) is 34.4 Å². The smallest absolute Gasteiger partial charge is 0.0505 e. The maximum absolute atomic E-state index is 2.52. The Labute approximate surface area is 70.9 Å². The van der Waals surface area contributed by atoms with Crippen molar-refractivity contribution in [3.8, 4) is 0 Å². The topological polar surface area (TPSA) is 3.24 Å². The molecule has 1 saturated heterocycles. The van der Waals surface area contributed by atoms with Gasteiger partial charge in [0.15, 0.2) is 0 Å². The van der Waals surface area contributed by atoms with Crippen LogP contribution < -0.4 is 0 Å². The highest BCUT2D eigenvalue weighted by Gasteiger charge is 2.18. The van der Waals surface area contributed by atoms with E-state index in [0.717, 1.165) is 5.92 Å². The summed E-state index contributed by atoms with van der Waals surface area (Å²) in [5, 5.41) is 0. The molecule has 9 heavy (non-hydrogen) atoms. The molecule has 1 heterocycles. The van der Waals surface area contributed by atoms with Crippen molar-refractivity contribution in [2.24, 2.45) is 5.92 Å². The lowest BCUT2D eigenvalue weighted by Gasteiger charge is -2.09. The van der Waals surface area contributed by atoms with E-state index in [-0.39, 0.29) is 0 Å². The number of hydrogen-bond donors (Lipinski definition) is 0. The van der Waals surface area contributed by atoms with Gasteiger partial charge in [-0.15, -0.1) is 0 Å². The van der Waals surface area contributed by atoms with Crippen LogP contribution in [0.5, 0.6) is 0 Å². The molecule has 0 N–H and O–H groups in total. The second kappa shape index (κ2) is 3.76. The molecule has 2 heteroatoms. The van der Waals surface area contributed by atoms with Crippen LogP contribution in [0, 0.1) is 5.92 Å². The summed E-state index contributed by atoms with van der Waals surface area (Å²) in [6.07, 6.45) is 2.80. The lowest BCUT2D eigenvalue weighted by atomic mass is 10.1. The Kier molecular flexibility index (Phi) is 3.26. The van der Waals surface area contributed by atoms with Crippen molar-refractivity contribution >= 4 is 22.6 Å². The van der Waals surface area contributed by atoms with Gasteiger partial charge in [0.1, 0.15) is 0 Å². The molecule has 0 aromatic carbocycles. The molecule has 1 aliphatic rings. The summed E-state index contributed by atoms with van der Waals surface area (Å²) in [4.78, 5) is 2.52. The van der Waals surface area contributed by atoms with Gasteiger partial charge in [-0.2, -0.15) is 0 Å². The van der Waals surface area contributed by atoms with Gasteiger partial charge in [-0.25, -0.2) is 0 Å². The summed E-state index contributed by atoms with van der Waals surface area (Å²) in [5.41, 5.74) is 0. The molecule has 0 aromatic rings. The van der Waals surface area contributed by atoms with Crippen molar-refractivity contribution in [3.05, 3.63) is 0 Å². The summed E-state index contributed by atoms with van der Waals surface area (Å²) < 4.78 is 1.22. The average molecular weight is 239 g/mol. The minimum atomic E-state index is 1.000. The molecular weight excluding hydrogens is 225 g/mol. The van der Waals surface area contributed by atoms with Crippen LogP contribution in [0.4, 0.5) is 0 Å². The number of alkyl halides is 1. The van der Waals surface area contributed by atoms with Gasteiger partial charge in [-0.05, 0) is 18.9 Å². The summed E-state index contributed by atoms with van der Waals surface area (Å²) in [6, 6.07) is 0. The van der Waals surface area contributed by atoms with Crippen LogP contribution in [-0.4, -0.2) is 22.5 Å². The zero-order valence-electron chi connectivity index (χ0n) is 5.94. The highest BCUT2D eigenvalue weighted by atomic mass is 127.